The number of aryl methyl sites for hydroxylation is 1. The summed E-state index contributed by atoms with van der Waals surface area (Å²) >= 11 is 0. The lowest BCUT2D eigenvalue weighted by atomic mass is 10.2. The Kier molecular flexibility index (Phi) is 4.74. The van der Waals surface area contributed by atoms with Gasteiger partial charge in [-0.05, 0) is 31.0 Å². The summed E-state index contributed by atoms with van der Waals surface area (Å²) in [7, 11) is -3.67. The van der Waals surface area contributed by atoms with Crippen LogP contribution in [0.25, 0.3) is 0 Å². The zero-order valence-electron chi connectivity index (χ0n) is 12.0. The van der Waals surface area contributed by atoms with Gasteiger partial charge in [0.1, 0.15) is 4.90 Å². The van der Waals surface area contributed by atoms with Crippen LogP contribution in [-0.4, -0.2) is 24.9 Å². The maximum absolute atomic E-state index is 12.2. The summed E-state index contributed by atoms with van der Waals surface area (Å²) in [6.45, 7) is 4.63. The molecule has 2 N–H and O–H groups in total. The number of sulfonamides is 1. The Morgan fingerprint density at radius 3 is 2.19 bits per heavy atom. The first kappa shape index (κ1) is 15.2. The lowest BCUT2D eigenvalue weighted by Gasteiger charge is -2.08. The summed E-state index contributed by atoms with van der Waals surface area (Å²) in [4.78, 5) is 7.96. The monoisotopic (exact) mass is 306 g/mol. The molecule has 1 heterocycles. The molecule has 0 aliphatic rings. The molecule has 0 aliphatic carbocycles. The SMILES string of the molecule is CCNc1ncc(S(=O)(=O)Nc2ccc(CC)cc2)cn1. The largest absolute Gasteiger partial charge is 0.355 e. The number of rotatable bonds is 6. The van der Waals surface area contributed by atoms with Gasteiger partial charge in [0.05, 0.1) is 12.4 Å². The predicted molar refractivity (Wildman–Crippen MR) is 82.8 cm³/mol. The maximum atomic E-state index is 12.2. The predicted octanol–water partition coefficient (Wildman–Crippen LogP) is 2.27. The fourth-order valence-corrected chi connectivity index (χ4v) is 2.67. The third-order valence-corrected chi connectivity index (χ3v) is 4.22. The van der Waals surface area contributed by atoms with E-state index < -0.39 is 10.0 Å². The van der Waals surface area contributed by atoms with Crippen LogP contribution in [0, 0.1) is 0 Å². The van der Waals surface area contributed by atoms with Gasteiger partial charge in [0.2, 0.25) is 5.95 Å². The summed E-state index contributed by atoms with van der Waals surface area (Å²) < 4.78 is 26.9. The summed E-state index contributed by atoms with van der Waals surface area (Å²) in [5.41, 5.74) is 1.67. The molecule has 0 atom stereocenters. The van der Waals surface area contributed by atoms with Crippen molar-refractivity contribution >= 4 is 21.7 Å². The van der Waals surface area contributed by atoms with Crippen LogP contribution >= 0.6 is 0 Å². The first-order valence-corrected chi connectivity index (χ1v) is 8.21. The van der Waals surface area contributed by atoms with Crippen molar-refractivity contribution in [2.24, 2.45) is 0 Å². The molecule has 7 heteroatoms. The number of nitrogens with one attached hydrogen (secondary N) is 2. The number of hydrogen-bond donors (Lipinski definition) is 2. The Hall–Kier alpha value is -2.15. The quantitative estimate of drug-likeness (QED) is 0.855. The molecular formula is C14H18N4O2S. The molecule has 0 spiro atoms. The average Bonchev–Trinajstić information content (AvgIpc) is 2.48. The van der Waals surface area contributed by atoms with E-state index in [9.17, 15) is 8.42 Å². The van der Waals surface area contributed by atoms with Crippen LogP contribution in [0.1, 0.15) is 19.4 Å². The van der Waals surface area contributed by atoms with E-state index >= 15 is 0 Å². The molecule has 1 aromatic carbocycles. The van der Waals surface area contributed by atoms with Crippen LogP contribution in [0.4, 0.5) is 11.6 Å². The maximum Gasteiger partial charge on any atom is 0.264 e. The lowest BCUT2D eigenvalue weighted by Crippen LogP contribution is -2.14. The van der Waals surface area contributed by atoms with Gasteiger partial charge in [0.15, 0.2) is 0 Å². The van der Waals surface area contributed by atoms with E-state index in [-0.39, 0.29) is 4.90 Å². The third kappa shape index (κ3) is 3.91. The van der Waals surface area contributed by atoms with Crippen molar-refractivity contribution in [2.75, 3.05) is 16.6 Å². The van der Waals surface area contributed by atoms with Crippen LogP contribution < -0.4 is 10.0 Å². The van der Waals surface area contributed by atoms with Gasteiger partial charge in [-0.25, -0.2) is 18.4 Å². The van der Waals surface area contributed by atoms with Crippen LogP contribution in [0.5, 0.6) is 0 Å². The second-order valence-corrected chi connectivity index (χ2v) is 6.11. The molecule has 6 nitrogen and oxygen atoms in total. The minimum Gasteiger partial charge on any atom is -0.355 e. The first-order valence-electron chi connectivity index (χ1n) is 6.73. The van der Waals surface area contributed by atoms with E-state index in [1.54, 1.807) is 12.1 Å². The zero-order chi connectivity index (χ0) is 15.3. The highest BCUT2D eigenvalue weighted by Gasteiger charge is 2.15. The number of nitrogens with zero attached hydrogens (tertiary/aromatic N) is 2. The highest BCUT2D eigenvalue weighted by molar-refractivity contribution is 7.92. The van der Waals surface area contributed by atoms with Crippen LogP contribution in [-0.2, 0) is 16.4 Å². The Morgan fingerprint density at radius 2 is 1.67 bits per heavy atom. The minimum atomic E-state index is -3.67. The number of anilines is 2. The second kappa shape index (κ2) is 6.53. The Morgan fingerprint density at radius 1 is 1.05 bits per heavy atom. The molecule has 0 saturated heterocycles. The van der Waals surface area contributed by atoms with Crippen molar-refractivity contribution in [3.8, 4) is 0 Å². The molecule has 0 saturated carbocycles. The van der Waals surface area contributed by atoms with Gasteiger partial charge in [0, 0.05) is 12.2 Å². The Bertz CT molecular complexity index is 682. The van der Waals surface area contributed by atoms with Gasteiger partial charge in [-0.3, -0.25) is 4.72 Å². The van der Waals surface area contributed by atoms with E-state index in [0.717, 1.165) is 12.0 Å². The molecule has 112 valence electrons. The number of benzene rings is 1. The normalized spacial score (nSPS) is 11.1. The number of aromatic nitrogens is 2. The van der Waals surface area contributed by atoms with Gasteiger partial charge in [0.25, 0.3) is 10.0 Å². The molecular weight excluding hydrogens is 288 g/mol. The molecule has 0 fully saturated rings. The summed E-state index contributed by atoms with van der Waals surface area (Å²) in [5, 5.41) is 2.91. The van der Waals surface area contributed by atoms with Crippen molar-refractivity contribution in [3.05, 3.63) is 42.2 Å². The highest BCUT2D eigenvalue weighted by Crippen LogP contribution is 2.16. The standard InChI is InChI=1S/C14H18N4O2S/c1-3-11-5-7-12(8-6-11)18-21(19,20)13-9-16-14(15-4-2)17-10-13/h5-10,18H,3-4H2,1-2H3,(H,15,16,17). The molecule has 0 aliphatic heterocycles. The van der Waals surface area contributed by atoms with Crippen LogP contribution in [0.15, 0.2) is 41.6 Å². The van der Waals surface area contributed by atoms with E-state index in [2.05, 4.69) is 20.0 Å². The van der Waals surface area contributed by atoms with Crippen molar-refractivity contribution in [2.45, 2.75) is 25.2 Å². The topological polar surface area (TPSA) is 84.0 Å². The summed E-state index contributed by atoms with van der Waals surface area (Å²) in [6, 6.07) is 7.26. The fourth-order valence-electron chi connectivity index (χ4n) is 1.73. The Balaban J connectivity index is 2.16. The molecule has 2 aromatic rings. The third-order valence-electron chi connectivity index (χ3n) is 2.89. The van der Waals surface area contributed by atoms with Crippen LogP contribution in [0.2, 0.25) is 0 Å². The molecule has 0 unspecified atom stereocenters. The second-order valence-electron chi connectivity index (χ2n) is 4.43. The van der Waals surface area contributed by atoms with E-state index in [0.29, 0.717) is 18.2 Å². The average molecular weight is 306 g/mol. The molecule has 0 amide bonds. The molecule has 0 bridgehead atoms. The van der Waals surface area contributed by atoms with Crippen molar-refractivity contribution in [1.82, 2.24) is 9.97 Å². The summed E-state index contributed by atoms with van der Waals surface area (Å²) in [6.07, 6.45) is 3.48. The van der Waals surface area contributed by atoms with Gasteiger partial charge < -0.3 is 5.32 Å². The van der Waals surface area contributed by atoms with E-state index in [1.165, 1.54) is 12.4 Å². The summed E-state index contributed by atoms with van der Waals surface area (Å²) in [5.74, 6) is 0.406. The van der Waals surface area contributed by atoms with Crippen molar-refractivity contribution in [1.29, 1.82) is 0 Å². The van der Waals surface area contributed by atoms with Gasteiger partial charge >= 0.3 is 0 Å². The first-order chi connectivity index (χ1) is 10.0. The zero-order valence-corrected chi connectivity index (χ0v) is 12.8. The molecule has 2 rings (SSSR count). The number of hydrogen-bond acceptors (Lipinski definition) is 5. The Labute approximate surface area is 124 Å². The lowest BCUT2D eigenvalue weighted by molar-refractivity contribution is 0.600. The van der Waals surface area contributed by atoms with Gasteiger partial charge in [-0.15, -0.1) is 0 Å². The van der Waals surface area contributed by atoms with Gasteiger partial charge in [-0.1, -0.05) is 19.1 Å². The van der Waals surface area contributed by atoms with Gasteiger partial charge in [-0.2, -0.15) is 0 Å². The molecule has 21 heavy (non-hydrogen) atoms. The van der Waals surface area contributed by atoms with Crippen LogP contribution in [0.3, 0.4) is 0 Å². The fraction of sp³-hybridized carbons (Fsp3) is 0.286. The molecule has 0 radical (unpaired) electrons. The molecule has 1 aromatic heterocycles. The van der Waals surface area contributed by atoms with Crippen molar-refractivity contribution < 1.29 is 8.42 Å². The van der Waals surface area contributed by atoms with E-state index in [4.69, 9.17) is 0 Å². The van der Waals surface area contributed by atoms with Crippen molar-refractivity contribution in [3.63, 3.8) is 0 Å². The highest BCUT2D eigenvalue weighted by atomic mass is 32.2. The minimum absolute atomic E-state index is 0.0312. The smallest absolute Gasteiger partial charge is 0.264 e. The van der Waals surface area contributed by atoms with E-state index in [1.807, 2.05) is 26.0 Å².